The third-order valence-corrected chi connectivity index (χ3v) is 4.52. The predicted octanol–water partition coefficient (Wildman–Crippen LogP) is 4.34. The Bertz CT molecular complexity index is 554. The number of aryl methyl sites for hydroxylation is 1. The third kappa shape index (κ3) is 4.56. The second-order valence-electron chi connectivity index (χ2n) is 6.23. The molecule has 23 heavy (non-hydrogen) atoms. The Labute approximate surface area is 135 Å². The van der Waals surface area contributed by atoms with Crippen LogP contribution in [0.25, 0.3) is 0 Å². The van der Waals surface area contributed by atoms with Gasteiger partial charge in [-0.25, -0.2) is 13.6 Å². The molecule has 0 heterocycles. The summed E-state index contributed by atoms with van der Waals surface area (Å²) in [7, 11) is 1.54. The first kappa shape index (κ1) is 17.5. The quantitative estimate of drug-likeness (QED) is 0.865. The highest BCUT2D eigenvalue weighted by molar-refractivity contribution is 5.92. The Balaban J connectivity index is 1.92. The molecule has 0 radical (unpaired) electrons. The number of hydrogen-bond acceptors (Lipinski definition) is 2. The fourth-order valence-corrected chi connectivity index (χ4v) is 3.01. The van der Waals surface area contributed by atoms with E-state index in [1.54, 1.807) is 13.2 Å². The first-order valence-corrected chi connectivity index (χ1v) is 7.91. The normalized spacial score (nSPS) is 19.0. The zero-order valence-electron chi connectivity index (χ0n) is 13.8. The Kier molecular flexibility index (Phi) is 5.44. The monoisotopic (exact) mass is 326 g/mol. The smallest absolute Gasteiger partial charge is 0.319 e. The zero-order chi connectivity index (χ0) is 17.0. The summed E-state index contributed by atoms with van der Waals surface area (Å²) >= 11 is 0. The van der Waals surface area contributed by atoms with Crippen LogP contribution in [-0.4, -0.2) is 25.1 Å². The Morgan fingerprint density at radius 2 is 2.00 bits per heavy atom. The highest BCUT2D eigenvalue weighted by atomic mass is 19.3. The number of urea groups is 1. The van der Waals surface area contributed by atoms with Gasteiger partial charge in [0.15, 0.2) is 0 Å². The van der Waals surface area contributed by atoms with Crippen molar-refractivity contribution in [2.24, 2.45) is 5.92 Å². The van der Waals surface area contributed by atoms with Gasteiger partial charge >= 0.3 is 6.03 Å². The van der Waals surface area contributed by atoms with E-state index in [9.17, 15) is 13.6 Å². The van der Waals surface area contributed by atoms with Gasteiger partial charge in [0.2, 0.25) is 5.92 Å². The maximum atomic E-state index is 13.2. The van der Waals surface area contributed by atoms with Crippen molar-refractivity contribution >= 4 is 11.7 Å². The lowest BCUT2D eigenvalue weighted by Gasteiger charge is -2.32. The highest BCUT2D eigenvalue weighted by Gasteiger charge is 2.36. The number of methoxy groups -OCH3 is 1. The second-order valence-corrected chi connectivity index (χ2v) is 6.23. The van der Waals surface area contributed by atoms with Gasteiger partial charge < -0.3 is 15.4 Å². The van der Waals surface area contributed by atoms with Crippen molar-refractivity contribution < 1.29 is 18.3 Å². The molecule has 0 aliphatic heterocycles. The molecule has 2 amide bonds. The molecular weight excluding hydrogens is 302 g/mol. The van der Waals surface area contributed by atoms with Gasteiger partial charge in [0.05, 0.1) is 12.8 Å². The first-order valence-electron chi connectivity index (χ1n) is 7.91. The van der Waals surface area contributed by atoms with Crippen molar-refractivity contribution in [1.29, 1.82) is 0 Å². The molecule has 1 saturated carbocycles. The van der Waals surface area contributed by atoms with Crippen LogP contribution in [0.4, 0.5) is 19.3 Å². The van der Waals surface area contributed by atoms with E-state index < -0.39 is 5.92 Å². The van der Waals surface area contributed by atoms with Crippen LogP contribution < -0.4 is 15.4 Å². The molecule has 1 unspecified atom stereocenters. The molecule has 6 heteroatoms. The lowest BCUT2D eigenvalue weighted by molar-refractivity contribution is -0.0483. The van der Waals surface area contributed by atoms with E-state index in [0.717, 1.165) is 5.56 Å². The average Bonchev–Trinajstić information content (AvgIpc) is 2.49. The number of alkyl halides is 2. The minimum absolute atomic E-state index is 0.0825. The number of ether oxygens (including phenoxy) is 1. The molecule has 1 atom stereocenters. The van der Waals surface area contributed by atoms with E-state index in [1.165, 1.54) is 0 Å². The van der Waals surface area contributed by atoms with Crippen LogP contribution >= 0.6 is 0 Å². The van der Waals surface area contributed by atoms with Crippen LogP contribution in [0.1, 0.15) is 38.2 Å². The number of amides is 2. The number of benzene rings is 1. The third-order valence-electron chi connectivity index (χ3n) is 4.52. The molecule has 0 saturated heterocycles. The molecule has 1 aromatic carbocycles. The van der Waals surface area contributed by atoms with E-state index in [0.29, 0.717) is 24.3 Å². The summed E-state index contributed by atoms with van der Waals surface area (Å²) < 4.78 is 31.7. The number of rotatable bonds is 4. The fraction of sp³-hybridized carbons (Fsp3) is 0.588. The van der Waals surface area contributed by atoms with Crippen molar-refractivity contribution in [2.45, 2.75) is 51.5 Å². The Morgan fingerprint density at radius 1 is 1.35 bits per heavy atom. The van der Waals surface area contributed by atoms with Gasteiger partial charge in [0.1, 0.15) is 5.75 Å². The standard InChI is InChI=1S/C17H24F2N2O2/c1-11-5-4-6-14(23-3)15(11)21-16(22)20-12(2)13-7-9-17(18,19)10-8-13/h4-6,12-13H,7-10H2,1-3H3,(H2,20,21,22). The number of nitrogens with one attached hydrogen (secondary N) is 2. The number of carbonyl (C=O) groups excluding carboxylic acids is 1. The van der Waals surface area contributed by atoms with Crippen LogP contribution in [0, 0.1) is 12.8 Å². The number of anilines is 1. The Morgan fingerprint density at radius 3 is 2.61 bits per heavy atom. The second kappa shape index (κ2) is 7.15. The van der Waals surface area contributed by atoms with Gasteiger partial charge in [-0.2, -0.15) is 0 Å². The van der Waals surface area contributed by atoms with Crippen LogP contribution in [0.3, 0.4) is 0 Å². The van der Waals surface area contributed by atoms with Crippen molar-refractivity contribution in [1.82, 2.24) is 5.32 Å². The fourth-order valence-electron chi connectivity index (χ4n) is 3.01. The van der Waals surface area contributed by atoms with Crippen molar-refractivity contribution in [3.63, 3.8) is 0 Å². The van der Waals surface area contributed by atoms with Crippen molar-refractivity contribution in [3.05, 3.63) is 23.8 Å². The number of halogens is 2. The van der Waals surface area contributed by atoms with E-state index in [4.69, 9.17) is 4.74 Å². The van der Waals surface area contributed by atoms with Gasteiger partial charge in [-0.1, -0.05) is 12.1 Å². The van der Waals surface area contributed by atoms with Crippen LogP contribution in [0.5, 0.6) is 5.75 Å². The maximum Gasteiger partial charge on any atom is 0.319 e. The van der Waals surface area contributed by atoms with Gasteiger partial charge in [-0.15, -0.1) is 0 Å². The topological polar surface area (TPSA) is 50.4 Å². The Hall–Kier alpha value is -1.85. The summed E-state index contributed by atoms with van der Waals surface area (Å²) in [6.45, 7) is 3.74. The van der Waals surface area contributed by atoms with Crippen molar-refractivity contribution in [2.75, 3.05) is 12.4 Å². The average molecular weight is 326 g/mol. The number of hydrogen-bond donors (Lipinski definition) is 2. The maximum absolute atomic E-state index is 13.2. The van der Waals surface area contributed by atoms with Crippen LogP contribution in [0.2, 0.25) is 0 Å². The molecule has 1 aliphatic carbocycles. The molecule has 1 aliphatic rings. The van der Waals surface area contributed by atoms with Crippen molar-refractivity contribution in [3.8, 4) is 5.75 Å². The number of para-hydroxylation sites is 1. The highest BCUT2D eigenvalue weighted by Crippen LogP contribution is 2.37. The predicted molar refractivity (Wildman–Crippen MR) is 86.3 cm³/mol. The molecule has 0 aromatic heterocycles. The molecule has 0 bridgehead atoms. The summed E-state index contributed by atoms with van der Waals surface area (Å²) in [5.41, 5.74) is 1.51. The summed E-state index contributed by atoms with van der Waals surface area (Å²) in [6, 6.07) is 5.01. The molecule has 4 nitrogen and oxygen atoms in total. The van der Waals surface area contributed by atoms with E-state index in [-0.39, 0.29) is 30.8 Å². The van der Waals surface area contributed by atoms with Crippen LogP contribution in [-0.2, 0) is 0 Å². The molecule has 128 valence electrons. The van der Waals surface area contributed by atoms with E-state index in [1.807, 2.05) is 26.0 Å². The molecule has 0 spiro atoms. The van der Waals surface area contributed by atoms with E-state index >= 15 is 0 Å². The first-order chi connectivity index (χ1) is 10.8. The van der Waals surface area contributed by atoms with Gasteiger partial charge in [-0.05, 0) is 44.2 Å². The van der Waals surface area contributed by atoms with Gasteiger partial charge in [-0.3, -0.25) is 0 Å². The van der Waals surface area contributed by atoms with E-state index in [2.05, 4.69) is 10.6 Å². The lowest BCUT2D eigenvalue weighted by atomic mass is 9.83. The molecule has 2 rings (SSSR count). The van der Waals surface area contributed by atoms with Gasteiger partial charge in [0.25, 0.3) is 0 Å². The lowest BCUT2D eigenvalue weighted by Crippen LogP contribution is -2.43. The number of carbonyl (C=O) groups is 1. The minimum Gasteiger partial charge on any atom is -0.495 e. The summed E-state index contributed by atoms with van der Waals surface area (Å²) in [4.78, 5) is 12.2. The molecule has 1 aromatic rings. The van der Waals surface area contributed by atoms with Gasteiger partial charge in [0, 0.05) is 18.9 Å². The molecule has 2 N–H and O–H groups in total. The van der Waals surface area contributed by atoms with Crippen LogP contribution in [0.15, 0.2) is 18.2 Å². The summed E-state index contributed by atoms with van der Waals surface area (Å²) in [5, 5.41) is 5.65. The summed E-state index contributed by atoms with van der Waals surface area (Å²) in [6.07, 6.45) is 0.665. The SMILES string of the molecule is COc1cccc(C)c1NC(=O)NC(C)C1CCC(F)(F)CC1. The summed E-state index contributed by atoms with van der Waals surface area (Å²) in [5.74, 6) is -1.88. The minimum atomic E-state index is -2.55. The molecular formula is C17H24F2N2O2. The zero-order valence-corrected chi connectivity index (χ0v) is 13.8. The molecule has 1 fully saturated rings. The largest absolute Gasteiger partial charge is 0.495 e.